The Labute approximate surface area is 92.8 Å². The predicted octanol–water partition coefficient (Wildman–Crippen LogP) is 0.740. The Morgan fingerprint density at radius 1 is 1.44 bits per heavy atom. The van der Waals surface area contributed by atoms with Gasteiger partial charge < -0.3 is 15.0 Å². The summed E-state index contributed by atoms with van der Waals surface area (Å²) in [5.41, 5.74) is -0.124. The highest BCUT2D eigenvalue weighted by molar-refractivity contribution is 5.91. The van der Waals surface area contributed by atoms with Crippen molar-refractivity contribution < 1.29 is 9.53 Å². The van der Waals surface area contributed by atoms with Crippen LogP contribution >= 0.6 is 0 Å². The van der Waals surface area contributed by atoms with Crippen LogP contribution in [0.1, 0.15) is 12.8 Å². The molecule has 2 rings (SSSR count). The van der Waals surface area contributed by atoms with Crippen LogP contribution in [0.25, 0.3) is 0 Å². The molecule has 86 valence electrons. The molecule has 0 bridgehead atoms. The molecular weight excluding hydrogens is 208 g/mol. The Hall–Kier alpha value is -1.62. The minimum Gasteiger partial charge on any atom is -0.381 e. The topological polar surface area (TPSA) is 71.2 Å². The Morgan fingerprint density at radius 3 is 2.88 bits per heavy atom. The quantitative estimate of drug-likeness (QED) is 0.775. The van der Waals surface area contributed by atoms with Gasteiger partial charge in [-0.25, -0.2) is 0 Å². The molecule has 1 aromatic rings. The van der Waals surface area contributed by atoms with Gasteiger partial charge in [0.25, 0.3) is 0 Å². The second kappa shape index (κ2) is 4.94. The highest BCUT2D eigenvalue weighted by Gasteiger charge is 2.21. The van der Waals surface area contributed by atoms with Gasteiger partial charge in [-0.15, -0.1) is 0 Å². The zero-order chi connectivity index (χ0) is 11.4. The van der Waals surface area contributed by atoms with Crippen molar-refractivity contribution in [2.75, 3.05) is 18.5 Å². The minimum absolute atomic E-state index is 0.0162. The summed E-state index contributed by atoms with van der Waals surface area (Å²) in [4.78, 5) is 25.7. The lowest BCUT2D eigenvalue weighted by molar-refractivity contribution is -0.122. The number of H-pyrrole nitrogens is 1. The van der Waals surface area contributed by atoms with Crippen molar-refractivity contribution in [2.24, 2.45) is 5.92 Å². The lowest BCUT2D eigenvalue weighted by Gasteiger charge is -2.20. The third-order valence-electron chi connectivity index (χ3n) is 2.62. The number of anilines is 1. The fourth-order valence-corrected chi connectivity index (χ4v) is 1.71. The molecule has 1 amide bonds. The van der Waals surface area contributed by atoms with Crippen LogP contribution in [0, 0.1) is 5.92 Å². The average Bonchev–Trinajstić information content (AvgIpc) is 2.30. The van der Waals surface area contributed by atoms with Gasteiger partial charge in [0.05, 0.1) is 0 Å². The maximum atomic E-state index is 11.8. The standard InChI is InChI=1S/C11H14N2O3/c14-9-1-4-12-10(7-9)13-11(15)8-2-5-16-6-3-8/h1,4,7-8H,2-3,5-6H2,(H2,12,13,14,15). The fraction of sp³-hybridized carbons (Fsp3) is 0.455. The van der Waals surface area contributed by atoms with Crippen LogP contribution in [0.4, 0.5) is 5.82 Å². The van der Waals surface area contributed by atoms with Crippen molar-refractivity contribution >= 4 is 11.7 Å². The first-order chi connectivity index (χ1) is 7.75. The summed E-state index contributed by atoms with van der Waals surface area (Å²) < 4.78 is 5.18. The molecule has 1 aliphatic heterocycles. The molecule has 16 heavy (non-hydrogen) atoms. The first-order valence-corrected chi connectivity index (χ1v) is 5.33. The molecule has 5 heteroatoms. The molecule has 1 saturated heterocycles. The third kappa shape index (κ3) is 2.70. The van der Waals surface area contributed by atoms with Gasteiger partial charge in [-0.1, -0.05) is 0 Å². The number of aromatic nitrogens is 1. The number of rotatable bonds is 2. The highest BCUT2D eigenvalue weighted by Crippen LogP contribution is 2.16. The van der Waals surface area contributed by atoms with E-state index >= 15 is 0 Å². The summed E-state index contributed by atoms with van der Waals surface area (Å²) in [6, 6.07) is 2.78. The summed E-state index contributed by atoms with van der Waals surface area (Å²) in [5.74, 6) is 0.381. The fourth-order valence-electron chi connectivity index (χ4n) is 1.71. The van der Waals surface area contributed by atoms with E-state index in [2.05, 4.69) is 10.3 Å². The molecule has 0 unspecified atom stereocenters. The van der Waals surface area contributed by atoms with Gasteiger partial charge in [0, 0.05) is 37.5 Å². The average molecular weight is 222 g/mol. The van der Waals surface area contributed by atoms with Crippen LogP contribution in [0.2, 0.25) is 0 Å². The lowest BCUT2D eigenvalue weighted by atomic mass is 9.99. The number of amides is 1. The first-order valence-electron chi connectivity index (χ1n) is 5.33. The molecule has 0 aliphatic carbocycles. The van der Waals surface area contributed by atoms with Gasteiger partial charge in [-0.3, -0.25) is 9.59 Å². The van der Waals surface area contributed by atoms with E-state index in [1.54, 1.807) is 0 Å². The number of carbonyl (C=O) groups is 1. The Balaban J connectivity index is 1.98. The SMILES string of the molecule is O=C(Nc1cc(=O)cc[nH]1)C1CCOCC1. The number of pyridine rings is 1. The van der Waals surface area contributed by atoms with Gasteiger partial charge in [-0.05, 0) is 12.8 Å². The van der Waals surface area contributed by atoms with Crippen LogP contribution < -0.4 is 10.7 Å². The van der Waals surface area contributed by atoms with Crippen molar-refractivity contribution in [3.63, 3.8) is 0 Å². The summed E-state index contributed by atoms with van der Waals surface area (Å²) in [6.07, 6.45) is 2.99. The molecule has 0 radical (unpaired) electrons. The number of ether oxygens (including phenoxy) is 1. The molecule has 1 aliphatic rings. The normalized spacial score (nSPS) is 17.0. The van der Waals surface area contributed by atoms with E-state index in [0.29, 0.717) is 19.0 Å². The van der Waals surface area contributed by atoms with E-state index in [4.69, 9.17) is 4.74 Å². The van der Waals surface area contributed by atoms with Crippen molar-refractivity contribution in [2.45, 2.75) is 12.8 Å². The van der Waals surface area contributed by atoms with Gasteiger partial charge >= 0.3 is 0 Å². The molecule has 0 aromatic carbocycles. The van der Waals surface area contributed by atoms with Crippen molar-refractivity contribution in [3.05, 3.63) is 28.6 Å². The number of carbonyl (C=O) groups excluding carboxylic acids is 1. The van der Waals surface area contributed by atoms with E-state index in [1.165, 1.54) is 18.3 Å². The monoisotopic (exact) mass is 222 g/mol. The van der Waals surface area contributed by atoms with E-state index < -0.39 is 0 Å². The number of hydrogen-bond donors (Lipinski definition) is 2. The molecule has 2 N–H and O–H groups in total. The molecule has 0 atom stereocenters. The minimum atomic E-state index is -0.124. The smallest absolute Gasteiger partial charge is 0.228 e. The zero-order valence-corrected chi connectivity index (χ0v) is 8.86. The zero-order valence-electron chi connectivity index (χ0n) is 8.86. The summed E-state index contributed by atoms with van der Waals surface area (Å²) in [5, 5.41) is 2.70. The van der Waals surface area contributed by atoms with Crippen LogP contribution in [0.5, 0.6) is 0 Å². The molecule has 5 nitrogen and oxygen atoms in total. The van der Waals surface area contributed by atoms with Crippen LogP contribution in [-0.4, -0.2) is 24.1 Å². The number of nitrogens with one attached hydrogen (secondary N) is 2. The third-order valence-corrected chi connectivity index (χ3v) is 2.62. The van der Waals surface area contributed by atoms with Crippen LogP contribution in [-0.2, 0) is 9.53 Å². The van der Waals surface area contributed by atoms with E-state index in [0.717, 1.165) is 12.8 Å². The van der Waals surface area contributed by atoms with Gasteiger partial charge in [0.2, 0.25) is 5.91 Å². The van der Waals surface area contributed by atoms with Crippen LogP contribution in [0.3, 0.4) is 0 Å². The van der Waals surface area contributed by atoms with Gasteiger partial charge in [0.15, 0.2) is 5.43 Å². The van der Waals surface area contributed by atoms with E-state index in [-0.39, 0.29) is 17.3 Å². The molecular formula is C11H14N2O3. The van der Waals surface area contributed by atoms with Crippen molar-refractivity contribution in [1.82, 2.24) is 4.98 Å². The van der Waals surface area contributed by atoms with Gasteiger partial charge in [-0.2, -0.15) is 0 Å². The van der Waals surface area contributed by atoms with Gasteiger partial charge in [0.1, 0.15) is 5.82 Å². The Bertz CT molecular complexity index is 421. The van der Waals surface area contributed by atoms with Crippen molar-refractivity contribution in [3.8, 4) is 0 Å². The lowest BCUT2D eigenvalue weighted by Crippen LogP contribution is -2.29. The molecule has 1 fully saturated rings. The van der Waals surface area contributed by atoms with E-state index in [9.17, 15) is 9.59 Å². The molecule has 1 aromatic heterocycles. The second-order valence-corrected chi connectivity index (χ2v) is 3.81. The van der Waals surface area contributed by atoms with Crippen LogP contribution in [0.15, 0.2) is 23.1 Å². The number of hydrogen-bond acceptors (Lipinski definition) is 3. The molecule has 2 heterocycles. The first kappa shape index (κ1) is 10.9. The highest BCUT2D eigenvalue weighted by atomic mass is 16.5. The molecule has 0 saturated carbocycles. The maximum Gasteiger partial charge on any atom is 0.228 e. The Kier molecular flexibility index (Phi) is 3.36. The number of aromatic amines is 1. The summed E-state index contributed by atoms with van der Waals surface area (Å²) in [7, 11) is 0. The molecule has 0 spiro atoms. The predicted molar refractivity (Wildman–Crippen MR) is 59.2 cm³/mol. The summed E-state index contributed by atoms with van der Waals surface area (Å²) >= 11 is 0. The van der Waals surface area contributed by atoms with Crippen molar-refractivity contribution in [1.29, 1.82) is 0 Å². The second-order valence-electron chi connectivity index (χ2n) is 3.81. The largest absolute Gasteiger partial charge is 0.381 e. The maximum absolute atomic E-state index is 11.8. The van der Waals surface area contributed by atoms with E-state index in [1.807, 2.05) is 0 Å². The Morgan fingerprint density at radius 2 is 2.19 bits per heavy atom. The summed E-state index contributed by atoms with van der Waals surface area (Å²) in [6.45, 7) is 1.26.